The molecule has 3 rings (SSSR count). The van der Waals surface area contributed by atoms with Crippen molar-refractivity contribution < 1.29 is 31.1 Å². The first-order valence-corrected chi connectivity index (χ1v) is 15.8. The van der Waals surface area contributed by atoms with Crippen molar-refractivity contribution in [1.82, 2.24) is 4.44 Å². The molecule has 1 aromatic carbocycles. The zero-order chi connectivity index (χ0) is 21.6. The maximum atomic E-state index is 12.6. The van der Waals surface area contributed by atoms with Gasteiger partial charge in [0.05, 0.1) is 0 Å². The van der Waals surface area contributed by atoms with Crippen molar-refractivity contribution in [3.63, 3.8) is 0 Å². The molecule has 2 aliphatic rings. The molecule has 0 saturated carbocycles. The molecule has 8 nitrogen and oxygen atoms in total. The Morgan fingerprint density at radius 2 is 1.52 bits per heavy atom. The topological polar surface area (TPSA) is 94.5 Å². The van der Waals surface area contributed by atoms with Crippen molar-refractivity contribution in [2.45, 2.75) is 34.2 Å². The van der Waals surface area contributed by atoms with Crippen LogP contribution in [0.1, 0.15) is 33.3 Å². The molecule has 0 spiro atoms. The molecular formula is C17H29NO7P2S2. The Labute approximate surface area is 178 Å². The summed E-state index contributed by atoms with van der Waals surface area (Å²) in [4.78, 5) is 0. The third-order valence-electron chi connectivity index (χ3n) is 4.64. The van der Waals surface area contributed by atoms with E-state index in [1.807, 2.05) is 58.0 Å². The standard InChI is InChI=1S/C17H29NO7P2S2/c1-16(2)11-22-26(28,23-12-16)18(10-15-8-6-5-7-9-15)27(29(19,20)21)24-13-17(3,4)14-25-27/h5-9,27H,10-14H2,1-4H3,(H,19,20,21). The molecule has 0 aromatic heterocycles. The van der Waals surface area contributed by atoms with Gasteiger partial charge < -0.3 is 0 Å². The van der Waals surface area contributed by atoms with Crippen LogP contribution in [-0.2, 0) is 46.2 Å². The van der Waals surface area contributed by atoms with Gasteiger partial charge in [0.25, 0.3) is 0 Å². The molecule has 0 radical (unpaired) electrons. The third-order valence-corrected chi connectivity index (χ3v) is 15.7. The van der Waals surface area contributed by atoms with Gasteiger partial charge in [0, 0.05) is 0 Å². The summed E-state index contributed by atoms with van der Waals surface area (Å²) in [5.74, 6) is 0. The van der Waals surface area contributed by atoms with E-state index in [9.17, 15) is 13.0 Å². The fourth-order valence-corrected chi connectivity index (χ4v) is 15.0. The van der Waals surface area contributed by atoms with Crippen LogP contribution in [0, 0.1) is 10.8 Å². The summed E-state index contributed by atoms with van der Waals surface area (Å²) in [5.41, 5.74) is 0.119. The van der Waals surface area contributed by atoms with E-state index in [1.54, 1.807) is 0 Å². The van der Waals surface area contributed by atoms with Crippen LogP contribution in [0.4, 0.5) is 0 Å². The van der Waals surface area contributed by atoms with E-state index >= 15 is 0 Å². The van der Waals surface area contributed by atoms with Crippen LogP contribution >= 0.6 is 13.7 Å². The molecule has 0 aliphatic carbocycles. The molecular weight excluding hydrogens is 456 g/mol. The zero-order valence-electron chi connectivity index (χ0n) is 17.0. The van der Waals surface area contributed by atoms with Gasteiger partial charge in [-0.15, -0.1) is 0 Å². The number of nitrogens with zero attached hydrogens (tertiary/aromatic N) is 1. The monoisotopic (exact) mass is 485 g/mol. The van der Waals surface area contributed by atoms with E-state index in [-0.39, 0.29) is 25.2 Å². The van der Waals surface area contributed by atoms with Gasteiger partial charge in [-0.1, -0.05) is 0 Å². The van der Waals surface area contributed by atoms with Crippen LogP contribution < -0.4 is 0 Å². The van der Waals surface area contributed by atoms with E-state index < -0.39 is 28.9 Å². The van der Waals surface area contributed by atoms with Gasteiger partial charge >= 0.3 is 178 Å². The van der Waals surface area contributed by atoms with Crippen LogP contribution in [0.3, 0.4) is 0 Å². The van der Waals surface area contributed by atoms with Crippen LogP contribution in [0.15, 0.2) is 30.3 Å². The van der Waals surface area contributed by atoms with Crippen LogP contribution in [0.25, 0.3) is 0 Å². The summed E-state index contributed by atoms with van der Waals surface area (Å²) < 4.78 is 60.6. The van der Waals surface area contributed by atoms with E-state index in [2.05, 4.69) is 0 Å². The second-order valence-corrected chi connectivity index (χ2v) is 18.9. The minimum atomic E-state index is -4.75. The van der Waals surface area contributed by atoms with Gasteiger partial charge in [-0.2, -0.15) is 0 Å². The average Bonchev–Trinajstić information content (AvgIpc) is 2.63. The van der Waals surface area contributed by atoms with E-state index in [4.69, 9.17) is 29.9 Å². The minimum absolute atomic E-state index is 0.0605. The second kappa shape index (κ2) is 8.17. The normalized spacial score (nSPS) is 26.7. The Kier molecular flexibility index (Phi) is 6.67. The van der Waals surface area contributed by atoms with Crippen molar-refractivity contribution in [2.24, 2.45) is 10.8 Å². The van der Waals surface area contributed by atoms with Crippen molar-refractivity contribution in [2.75, 3.05) is 26.4 Å². The summed E-state index contributed by atoms with van der Waals surface area (Å²) in [5, 5.41) is 0. The predicted molar refractivity (Wildman–Crippen MR) is 118 cm³/mol. The van der Waals surface area contributed by atoms with Crippen LogP contribution in [0.5, 0.6) is 0 Å². The van der Waals surface area contributed by atoms with Gasteiger partial charge in [-0.05, 0) is 0 Å². The Bertz CT molecular complexity index is 868. The predicted octanol–water partition coefficient (Wildman–Crippen LogP) is 4.16. The molecule has 0 bridgehead atoms. The van der Waals surface area contributed by atoms with Crippen molar-refractivity contribution >= 4 is 35.3 Å². The zero-order valence-corrected chi connectivity index (χ0v) is 20.6. The summed E-state index contributed by atoms with van der Waals surface area (Å²) in [7, 11) is -9.19. The first kappa shape index (κ1) is 23.7. The number of hydrogen-bond donors (Lipinski definition) is 1. The van der Waals surface area contributed by atoms with E-state index in [0.717, 1.165) is 5.56 Å². The van der Waals surface area contributed by atoms with Crippen molar-refractivity contribution in [3.05, 3.63) is 35.9 Å². The average molecular weight is 486 g/mol. The molecule has 2 heterocycles. The molecule has 2 saturated heterocycles. The Morgan fingerprint density at radius 1 is 1.03 bits per heavy atom. The Balaban J connectivity index is 2.06. The van der Waals surface area contributed by atoms with Gasteiger partial charge in [-0.3, -0.25) is 0 Å². The van der Waals surface area contributed by atoms with E-state index in [1.165, 1.54) is 4.44 Å². The molecule has 2 aliphatic heterocycles. The fraction of sp³-hybridized carbons (Fsp3) is 0.647. The Hall–Kier alpha value is 0.01000. The number of benzene rings is 1. The van der Waals surface area contributed by atoms with Gasteiger partial charge in [-0.25, -0.2) is 0 Å². The molecule has 12 heteroatoms. The van der Waals surface area contributed by atoms with Gasteiger partial charge in [0.1, 0.15) is 0 Å². The molecule has 0 unspecified atom stereocenters. The van der Waals surface area contributed by atoms with Crippen LogP contribution in [-0.4, -0.2) is 43.8 Å². The fourth-order valence-electron chi connectivity index (χ4n) is 2.91. The van der Waals surface area contributed by atoms with Crippen molar-refractivity contribution in [3.8, 4) is 0 Å². The molecule has 29 heavy (non-hydrogen) atoms. The van der Waals surface area contributed by atoms with E-state index in [0.29, 0.717) is 13.2 Å². The Morgan fingerprint density at radius 3 is 2.00 bits per heavy atom. The van der Waals surface area contributed by atoms with Gasteiger partial charge in [0.2, 0.25) is 0 Å². The molecule has 1 aromatic rings. The molecule has 0 atom stereocenters. The van der Waals surface area contributed by atoms with Crippen molar-refractivity contribution in [1.29, 1.82) is 0 Å². The number of hydrogen-bond acceptors (Lipinski definition) is 7. The van der Waals surface area contributed by atoms with Gasteiger partial charge in [0.15, 0.2) is 0 Å². The summed E-state index contributed by atoms with van der Waals surface area (Å²) >= 11 is 5.75. The number of rotatable bonds is 5. The molecule has 2 fully saturated rings. The van der Waals surface area contributed by atoms with Crippen LogP contribution in [0.2, 0.25) is 0 Å². The summed E-state index contributed by atoms with van der Waals surface area (Å²) in [6.45, 7) is 5.30. The summed E-state index contributed by atoms with van der Waals surface area (Å²) in [6, 6.07) is 9.19. The first-order chi connectivity index (χ1) is 13.3. The third kappa shape index (κ3) is 5.09. The maximum absolute atomic E-state index is 12.6. The molecule has 0 amide bonds. The first-order valence-electron chi connectivity index (χ1n) is 9.25. The summed E-state index contributed by atoms with van der Waals surface area (Å²) in [6.07, 6.45) is 0. The second-order valence-electron chi connectivity index (χ2n) is 8.96. The molecule has 166 valence electrons. The quantitative estimate of drug-likeness (QED) is 0.487. The molecule has 1 N–H and O–H groups in total. The SMILES string of the molecule is CC1(C)COP(=S)(N(Cc2ccccc2)[PH]2(S(=O)(=O)O)OCC(C)(C)CO2)OC1.